The van der Waals surface area contributed by atoms with Crippen molar-refractivity contribution in [3.05, 3.63) is 149 Å². The zero-order chi connectivity index (χ0) is 39.6. The van der Waals surface area contributed by atoms with E-state index in [1.165, 1.54) is 11.0 Å². The molecule has 2 aliphatic rings. The molecule has 55 heavy (non-hydrogen) atoms. The Balaban J connectivity index is 1.39. The molecule has 0 radical (unpaired) electrons. The summed E-state index contributed by atoms with van der Waals surface area (Å²) in [6, 6.07) is 27.7. The summed E-state index contributed by atoms with van der Waals surface area (Å²) >= 11 is 0. The number of alkyl halides is 9. The van der Waals surface area contributed by atoms with Crippen molar-refractivity contribution < 1.29 is 44.3 Å². The minimum absolute atomic E-state index is 0.0134. The highest BCUT2D eigenvalue weighted by molar-refractivity contribution is 5.99. The van der Waals surface area contributed by atoms with Crippen LogP contribution in [0.2, 0.25) is 0 Å². The molecule has 0 N–H and O–H groups in total. The lowest BCUT2D eigenvalue weighted by atomic mass is 9.69. The quantitative estimate of drug-likeness (QED) is 0.115. The Kier molecular flexibility index (Phi) is 9.41. The maximum Gasteiger partial charge on any atom is 0.572 e. The smallest absolute Gasteiger partial charge is 0.410 e. The molecule has 0 aromatic heterocycles. The Hall–Kier alpha value is -5.13. The van der Waals surface area contributed by atoms with E-state index in [4.69, 9.17) is 4.74 Å². The van der Waals surface area contributed by atoms with Gasteiger partial charge >= 0.3 is 18.7 Å². The topological polar surface area (TPSA) is 15.7 Å². The van der Waals surface area contributed by atoms with E-state index >= 15 is 0 Å². The van der Waals surface area contributed by atoms with Crippen molar-refractivity contribution in [1.82, 2.24) is 0 Å². The molecule has 288 valence electrons. The third-order valence-corrected chi connectivity index (χ3v) is 11.3. The number of anilines is 3. The van der Waals surface area contributed by atoms with Gasteiger partial charge in [-0.05, 0) is 72.2 Å². The van der Waals surface area contributed by atoms with E-state index in [9.17, 15) is 39.5 Å². The molecule has 2 aliphatic heterocycles. The second-order valence-corrected chi connectivity index (χ2v) is 14.9. The number of nitrogens with zero attached hydrogens (tertiary/aromatic N) is 2. The molecule has 0 saturated carbocycles. The Morgan fingerprint density at radius 1 is 0.745 bits per heavy atom. The molecule has 2 heterocycles. The molecule has 5 aromatic carbocycles. The van der Waals surface area contributed by atoms with Crippen molar-refractivity contribution in [2.24, 2.45) is 0 Å². The van der Waals surface area contributed by atoms with Crippen LogP contribution in [-0.4, -0.2) is 24.5 Å². The fourth-order valence-electron chi connectivity index (χ4n) is 8.30. The van der Waals surface area contributed by atoms with Crippen molar-refractivity contribution in [3.63, 3.8) is 0 Å². The molecule has 3 nitrogen and oxygen atoms in total. The third-order valence-electron chi connectivity index (χ3n) is 11.3. The Bertz CT molecular complexity index is 2210. The lowest BCUT2D eigenvalue weighted by molar-refractivity contribution is -0.307. The fraction of sp³-hybridized carbons (Fsp3) is 0.302. The number of hydrogen-bond donors (Lipinski definition) is 0. The number of hydrogen-bond acceptors (Lipinski definition) is 3. The second-order valence-electron chi connectivity index (χ2n) is 14.9. The minimum Gasteiger partial charge on any atom is -0.410 e. The van der Waals surface area contributed by atoms with Gasteiger partial charge in [0.15, 0.2) is 0 Å². The molecule has 0 aliphatic carbocycles. The predicted molar refractivity (Wildman–Crippen MR) is 195 cm³/mol. The lowest BCUT2D eigenvalue weighted by Gasteiger charge is -2.46. The standard InChI is InChI=1S/C43H37F9N2O/c1-39(2)36-15-9-10-16-37(36)53(20-19-27-11-5-4-6-12-27)40(39,3)26-34(55-43(50,51)52)25-32-21-29-18-17-28-13-7-8-14-35(28)38(29)54(32)33-23-30(41(44,45)46)22-31(24-33)42(47,48)49/h4-18,22-25,32H,19-21,26H2,1-3H3/b34-25-. The highest BCUT2D eigenvalue weighted by Gasteiger charge is 2.54. The van der Waals surface area contributed by atoms with Gasteiger partial charge in [0.2, 0.25) is 0 Å². The van der Waals surface area contributed by atoms with Crippen molar-refractivity contribution in [1.29, 1.82) is 0 Å². The van der Waals surface area contributed by atoms with E-state index in [-0.39, 0.29) is 18.9 Å². The van der Waals surface area contributed by atoms with Gasteiger partial charge in [0, 0.05) is 35.1 Å². The molecule has 12 heteroatoms. The molecule has 2 atom stereocenters. The molecule has 0 spiro atoms. The monoisotopic (exact) mass is 768 g/mol. The lowest BCUT2D eigenvalue weighted by Crippen LogP contribution is -2.54. The first-order valence-corrected chi connectivity index (χ1v) is 17.7. The van der Waals surface area contributed by atoms with Crippen LogP contribution in [0.3, 0.4) is 0 Å². The third kappa shape index (κ3) is 7.23. The highest BCUT2D eigenvalue weighted by atomic mass is 19.4. The van der Waals surface area contributed by atoms with Crippen LogP contribution in [0.1, 0.15) is 55.0 Å². The summed E-state index contributed by atoms with van der Waals surface area (Å²) in [5, 5.41) is 1.17. The summed E-state index contributed by atoms with van der Waals surface area (Å²) in [4.78, 5) is 3.37. The van der Waals surface area contributed by atoms with Crippen LogP contribution in [0.25, 0.3) is 10.8 Å². The van der Waals surface area contributed by atoms with Gasteiger partial charge < -0.3 is 14.5 Å². The molecule has 0 bridgehead atoms. The number of benzene rings is 5. The molecule has 2 unspecified atom stereocenters. The molecule has 5 aromatic rings. The van der Waals surface area contributed by atoms with Gasteiger partial charge in [0.25, 0.3) is 0 Å². The average molecular weight is 769 g/mol. The van der Waals surface area contributed by atoms with E-state index in [2.05, 4.69) is 4.90 Å². The first kappa shape index (κ1) is 38.2. The summed E-state index contributed by atoms with van der Waals surface area (Å²) in [6.45, 7) is 6.20. The van der Waals surface area contributed by atoms with Crippen LogP contribution < -0.4 is 9.80 Å². The first-order chi connectivity index (χ1) is 25.8. The van der Waals surface area contributed by atoms with Gasteiger partial charge in [-0.25, -0.2) is 0 Å². The van der Waals surface area contributed by atoms with Crippen LogP contribution in [0.4, 0.5) is 56.6 Å². The van der Waals surface area contributed by atoms with Crippen LogP contribution >= 0.6 is 0 Å². The van der Waals surface area contributed by atoms with E-state index < -0.39 is 58.3 Å². The van der Waals surface area contributed by atoms with E-state index in [1.54, 1.807) is 36.4 Å². The van der Waals surface area contributed by atoms with Gasteiger partial charge in [-0.1, -0.05) is 98.8 Å². The van der Waals surface area contributed by atoms with E-state index in [0.717, 1.165) is 16.8 Å². The molecular weight excluding hydrogens is 731 g/mol. The van der Waals surface area contributed by atoms with Gasteiger partial charge in [0.1, 0.15) is 5.76 Å². The fourth-order valence-corrected chi connectivity index (χ4v) is 8.30. The molecule has 0 saturated heterocycles. The Labute approximate surface area is 312 Å². The number of ether oxygens (including phenoxy) is 1. The molecule has 0 amide bonds. The van der Waals surface area contributed by atoms with Crippen LogP contribution in [0.15, 0.2) is 121 Å². The summed E-state index contributed by atoms with van der Waals surface area (Å²) < 4.78 is 133. The van der Waals surface area contributed by atoms with Crippen LogP contribution in [-0.2, 0) is 35.3 Å². The van der Waals surface area contributed by atoms with Crippen LogP contribution in [0, 0.1) is 0 Å². The molecular formula is C43H37F9N2O. The summed E-state index contributed by atoms with van der Waals surface area (Å²) in [7, 11) is 0. The van der Waals surface area contributed by atoms with E-state index in [0.29, 0.717) is 47.1 Å². The predicted octanol–water partition coefficient (Wildman–Crippen LogP) is 12.5. The largest absolute Gasteiger partial charge is 0.572 e. The Morgan fingerprint density at radius 3 is 2.02 bits per heavy atom. The van der Waals surface area contributed by atoms with Gasteiger partial charge in [-0.3, -0.25) is 0 Å². The SMILES string of the molecule is CC1(C)c2ccccc2N(CCc2ccccc2)C1(C)C/C(=C/C1Cc2ccc3ccccc3c2N1c1cc(C(F)(F)F)cc(C(F)(F)F)c1)OC(F)(F)F. The van der Waals surface area contributed by atoms with Crippen molar-refractivity contribution >= 4 is 27.8 Å². The zero-order valence-corrected chi connectivity index (χ0v) is 30.1. The maximum absolute atomic E-state index is 14.4. The summed E-state index contributed by atoms with van der Waals surface area (Å²) in [5.74, 6) is -0.504. The average Bonchev–Trinajstić information content (AvgIpc) is 3.55. The van der Waals surface area contributed by atoms with Gasteiger partial charge in [-0.2, -0.15) is 26.3 Å². The van der Waals surface area contributed by atoms with Gasteiger partial charge in [-0.15, -0.1) is 13.2 Å². The summed E-state index contributed by atoms with van der Waals surface area (Å²) in [6.07, 6.45) is -14.0. The van der Waals surface area contributed by atoms with Crippen molar-refractivity contribution in [2.75, 3.05) is 16.3 Å². The highest BCUT2D eigenvalue weighted by Crippen LogP contribution is 2.55. The minimum atomic E-state index is -5.16. The number of fused-ring (bicyclic) bond motifs is 4. The van der Waals surface area contributed by atoms with E-state index in [1.807, 2.05) is 75.4 Å². The maximum atomic E-state index is 14.4. The zero-order valence-electron chi connectivity index (χ0n) is 30.1. The van der Waals surface area contributed by atoms with Gasteiger partial charge in [0.05, 0.1) is 28.4 Å². The Morgan fingerprint density at radius 2 is 1.36 bits per heavy atom. The first-order valence-electron chi connectivity index (χ1n) is 17.7. The summed E-state index contributed by atoms with van der Waals surface area (Å²) in [5.41, 5.74) is -1.67. The van der Waals surface area contributed by atoms with Crippen molar-refractivity contribution in [3.8, 4) is 0 Å². The number of para-hydroxylation sites is 1. The number of halogens is 9. The number of rotatable bonds is 8. The molecule has 0 fully saturated rings. The molecule has 7 rings (SSSR count). The van der Waals surface area contributed by atoms with Crippen LogP contribution in [0.5, 0.6) is 0 Å². The second kappa shape index (κ2) is 13.6. The van der Waals surface area contributed by atoms with Crippen molar-refractivity contribution in [2.45, 2.75) is 75.7 Å². The normalized spacial score (nSPS) is 19.9.